The van der Waals surface area contributed by atoms with Crippen molar-refractivity contribution in [3.63, 3.8) is 0 Å². The minimum atomic E-state index is 0. The highest BCUT2D eigenvalue weighted by Gasteiger charge is 2.33. The van der Waals surface area contributed by atoms with E-state index in [0.717, 1.165) is 56.6 Å². The quantitative estimate of drug-likeness (QED) is 0.207. The van der Waals surface area contributed by atoms with Gasteiger partial charge in [0.05, 0.1) is 12.2 Å². The summed E-state index contributed by atoms with van der Waals surface area (Å²) < 4.78 is 11.5. The molecule has 2 heterocycles. The number of hydrogen-bond donors (Lipinski definition) is 2. The number of halogens is 1. The average Bonchev–Trinajstić information content (AvgIpc) is 3.23. The second-order valence-electron chi connectivity index (χ2n) is 9.12. The Morgan fingerprint density at radius 2 is 1.94 bits per heavy atom. The third kappa shape index (κ3) is 8.02. The molecule has 1 aromatic rings. The Labute approximate surface area is 211 Å². The standard InChI is InChI=1S/C24H41N5O2.HI/c1-5-30-13-12-24(10-6-7-11-24)18-28-23(25-4)27-15-21-8-9-22(26-14-21)29-16-19(2)31-20(3)17-29;/h8-9,14,19-20H,5-7,10-13,15-18H2,1-4H3,(H2,25,27,28);1H. The van der Waals surface area contributed by atoms with Crippen LogP contribution in [0.1, 0.15) is 58.4 Å². The fourth-order valence-electron chi connectivity index (χ4n) is 4.82. The number of nitrogens with one attached hydrogen (secondary N) is 2. The van der Waals surface area contributed by atoms with Gasteiger partial charge in [-0.2, -0.15) is 0 Å². The predicted molar refractivity (Wildman–Crippen MR) is 142 cm³/mol. The third-order valence-corrected chi connectivity index (χ3v) is 6.51. The number of anilines is 1. The summed E-state index contributed by atoms with van der Waals surface area (Å²) in [6.07, 6.45) is 8.73. The van der Waals surface area contributed by atoms with Gasteiger partial charge in [0.2, 0.25) is 0 Å². The normalized spacial score (nSPS) is 23.0. The van der Waals surface area contributed by atoms with Crippen molar-refractivity contribution >= 4 is 35.8 Å². The van der Waals surface area contributed by atoms with E-state index in [-0.39, 0.29) is 36.2 Å². The molecule has 0 bridgehead atoms. The molecule has 2 unspecified atom stereocenters. The zero-order chi connectivity index (χ0) is 22.1. The van der Waals surface area contributed by atoms with Gasteiger partial charge in [0.25, 0.3) is 0 Å². The Kier molecular flexibility index (Phi) is 11.5. The van der Waals surface area contributed by atoms with Gasteiger partial charge in [-0.05, 0) is 57.1 Å². The molecule has 2 atom stereocenters. The maximum atomic E-state index is 5.83. The fraction of sp³-hybridized carbons (Fsp3) is 0.750. The van der Waals surface area contributed by atoms with Crippen LogP contribution in [0, 0.1) is 5.41 Å². The maximum absolute atomic E-state index is 5.83. The van der Waals surface area contributed by atoms with Crippen LogP contribution in [0.5, 0.6) is 0 Å². The van der Waals surface area contributed by atoms with Crippen LogP contribution in [0.3, 0.4) is 0 Å². The van der Waals surface area contributed by atoms with Crippen molar-refractivity contribution in [3.05, 3.63) is 23.9 Å². The number of aliphatic imine (C=N–C) groups is 1. The topological polar surface area (TPSA) is 71.0 Å². The number of pyridine rings is 1. The van der Waals surface area contributed by atoms with Crippen LogP contribution in [0.4, 0.5) is 5.82 Å². The Bertz CT molecular complexity index is 684. The van der Waals surface area contributed by atoms with E-state index in [1.54, 1.807) is 0 Å². The summed E-state index contributed by atoms with van der Waals surface area (Å²) >= 11 is 0. The summed E-state index contributed by atoms with van der Waals surface area (Å²) in [5, 5.41) is 7.00. The molecule has 7 nitrogen and oxygen atoms in total. The van der Waals surface area contributed by atoms with E-state index in [1.165, 1.54) is 25.7 Å². The second-order valence-corrected chi connectivity index (χ2v) is 9.12. The second kappa shape index (κ2) is 13.5. The van der Waals surface area contributed by atoms with Gasteiger partial charge in [-0.3, -0.25) is 4.99 Å². The van der Waals surface area contributed by atoms with Crippen LogP contribution < -0.4 is 15.5 Å². The first kappa shape index (κ1) is 27.1. The largest absolute Gasteiger partial charge is 0.382 e. The van der Waals surface area contributed by atoms with Gasteiger partial charge in [0, 0.05) is 52.6 Å². The van der Waals surface area contributed by atoms with Gasteiger partial charge < -0.3 is 25.0 Å². The van der Waals surface area contributed by atoms with Crippen molar-refractivity contribution in [2.45, 2.75) is 71.6 Å². The lowest BCUT2D eigenvalue weighted by molar-refractivity contribution is -0.00546. The van der Waals surface area contributed by atoms with E-state index in [4.69, 9.17) is 14.5 Å². The molecule has 32 heavy (non-hydrogen) atoms. The van der Waals surface area contributed by atoms with Crippen LogP contribution in [-0.4, -0.2) is 63.0 Å². The summed E-state index contributed by atoms with van der Waals surface area (Å²) in [6, 6.07) is 4.26. The molecule has 3 rings (SSSR count). The molecule has 0 radical (unpaired) electrons. The van der Waals surface area contributed by atoms with E-state index in [9.17, 15) is 0 Å². The fourth-order valence-corrected chi connectivity index (χ4v) is 4.82. The first-order chi connectivity index (χ1) is 15.0. The monoisotopic (exact) mass is 559 g/mol. The van der Waals surface area contributed by atoms with E-state index in [0.29, 0.717) is 12.0 Å². The molecule has 8 heteroatoms. The summed E-state index contributed by atoms with van der Waals surface area (Å²) in [6.45, 7) is 11.4. The lowest BCUT2D eigenvalue weighted by Gasteiger charge is -2.36. The minimum absolute atomic E-state index is 0. The molecule has 1 saturated carbocycles. The lowest BCUT2D eigenvalue weighted by Crippen LogP contribution is -2.45. The highest BCUT2D eigenvalue weighted by Crippen LogP contribution is 2.40. The predicted octanol–water partition coefficient (Wildman–Crippen LogP) is 3.97. The number of aromatic nitrogens is 1. The number of rotatable bonds is 9. The Hall–Kier alpha value is -1.13. The molecular formula is C24H42IN5O2. The summed E-state index contributed by atoms with van der Waals surface area (Å²) in [5.74, 6) is 1.87. The van der Waals surface area contributed by atoms with Gasteiger partial charge in [-0.1, -0.05) is 18.9 Å². The minimum Gasteiger partial charge on any atom is -0.382 e. The first-order valence-corrected chi connectivity index (χ1v) is 11.9. The molecule has 2 aliphatic rings. The molecule has 1 aliphatic carbocycles. The van der Waals surface area contributed by atoms with Crippen molar-refractivity contribution in [3.8, 4) is 0 Å². The molecule has 1 aromatic heterocycles. The highest BCUT2D eigenvalue weighted by molar-refractivity contribution is 14.0. The molecule has 0 aromatic carbocycles. The van der Waals surface area contributed by atoms with E-state index in [2.05, 4.69) is 53.4 Å². The van der Waals surface area contributed by atoms with E-state index in [1.807, 2.05) is 13.2 Å². The number of guanidine groups is 1. The number of nitrogens with zero attached hydrogens (tertiary/aromatic N) is 3. The van der Waals surface area contributed by atoms with E-state index >= 15 is 0 Å². The lowest BCUT2D eigenvalue weighted by atomic mass is 9.83. The smallest absolute Gasteiger partial charge is 0.191 e. The van der Waals surface area contributed by atoms with Crippen molar-refractivity contribution in [2.24, 2.45) is 10.4 Å². The molecule has 2 N–H and O–H groups in total. The van der Waals surface area contributed by atoms with Crippen LogP contribution >= 0.6 is 24.0 Å². The van der Waals surface area contributed by atoms with Gasteiger partial charge >= 0.3 is 0 Å². The Morgan fingerprint density at radius 3 is 2.53 bits per heavy atom. The van der Waals surface area contributed by atoms with Gasteiger partial charge in [0.1, 0.15) is 5.82 Å². The van der Waals surface area contributed by atoms with Gasteiger partial charge in [-0.15, -0.1) is 24.0 Å². The maximum Gasteiger partial charge on any atom is 0.191 e. The Morgan fingerprint density at radius 1 is 1.22 bits per heavy atom. The number of hydrogen-bond acceptors (Lipinski definition) is 5. The molecule has 1 saturated heterocycles. The van der Waals surface area contributed by atoms with Crippen molar-refractivity contribution < 1.29 is 9.47 Å². The molecular weight excluding hydrogens is 517 g/mol. The van der Waals surface area contributed by atoms with Gasteiger partial charge in [-0.25, -0.2) is 4.98 Å². The number of morpholine rings is 1. The molecule has 1 aliphatic heterocycles. The van der Waals surface area contributed by atoms with Gasteiger partial charge in [0.15, 0.2) is 5.96 Å². The van der Waals surface area contributed by atoms with Crippen molar-refractivity contribution in [1.29, 1.82) is 0 Å². The molecule has 0 amide bonds. The highest BCUT2D eigenvalue weighted by atomic mass is 127. The first-order valence-electron chi connectivity index (χ1n) is 11.9. The zero-order valence-electron chi connectivity index (χ0n) is 20.2. The van der Waals surface area contributed by atoms with Crippen molar-refractivity contribution in [2.75, 3.05) is 44.8 Å². The molecule has 2 fully saturated rings. The van der Waals surface area contributed by atoms with Crippen molar-refractivity contribution in [1.82, 2.24) is 15.6 Å². The molecule has 182 valence electrons. The van der Waals surface area contributed by atoms with Crippen LogP contribution in [0.25, 0.3) is 0 Å². The number of ether oxygens (including phenoxy) is 2. The van der Waals surface area contributed by atoms with Crippen LogP contribution in [0.2, 0.25) is 0 Å². The van der Waals surface area contributed by atoms with Crippen LogP contribution in [-0.2, 0) is 16.0 Å². The SMILES string of the molecule is CCOCCC1(CNC(=NC)NCc2ccc(N3CC(C)OC(C)C3)nc2)CCCC1.I. The summed E-state index contributed by atoms with van der Waals surface area (Å²) in [4.78, 5) is 11.4. The molecule has 0 spiro atoms. The summed E-state index contributed by atoms with van der Waals surface area (Å²) in [5.41, 5.74) is 1.48. The van der Waals surface area contributed by atoms with Crippen LogP contribution in [0.15, 0.2) is 23.3 Å². The Balaban J connectivity index is 0.00000363. The third-order valence-electron chi connectivity index (χ3n) is 6.51. The van der Waals surface area contributed by atoms with E-state index < -0.39 is 0 Å². The summed E-state index contributed by atoms with van der Waals surface area (Å²) in [7, 11) is 1.83. The average molecular weight is 560 g/mol. The zero-order valence-corrected chi connectivity index (χ0v) is 22.6.